The molecule has 1 heterocycles. The minimum atomic E-state index is -3.62. The zero-order valence-corrected chi connectivity index (χ0v) is 13.0. The zero-order chi connectivity index (χ0) is 15.8. The van der Waals surface area contributed by atoms with Crippen molar-refractivity contribution in [3.05, 3.63) is 22.7 Å². The number of carboxylic acid groups (broad SMARTS) is 1. The van der Waals surface area contributed by atoms with Gasteiger partial charge in [0.25, 0.3) is 0 Å². The molecule has 2 rings (SSSR count). The zero-order valence-electron chi connectivity index (χ0n) is 11.4. The molecule has 1 fully saturated rings. The van der Waals surface area contributed by atoms with Crippen LogP contribution in [0.4, 0.5) is 5.69 Å². The van der Waals surface area contributed by atoms with Crippen LogP contribution in [-0.2, 0) is 9.84 Å². The normalized spacial score (nSPS) is 19.6. The minimum Gasteiger partial charge on any atom is -0.478 e. The largest absolute Gasteiger partial charge is 0.478 e. The summed E-state index contributed by atoms with van der Waals surface area (Å²) in [6.07, 6.45) is 1.86. The number of hydrogen-bond acceptors (Lipinski definition) is 5. The molecule has 1 unspecified atom stereocenters. The average Bonchev–Trinajstić information content (AvgIpc) is 2.36. The van der Waals surface area contributed by atoms with Gasteiger partial charge in [0.2, 0.25) is 0 Å². The number of carboxylic acids is 1. The summed E-state index contributed by atoms with van der Waals surface area (Å²) < 4.78 is 23.9. The number of halogens is 1. The van der Waals surface area contributed by atoms with Gasteiger partial charge in [0.05, 0.1) is 27.3 Å². The third-order valence-corrected chi connectivity index (χ3v) is 4.85. The number of nitrogens with zero attached hydrogens (tertiary/aromatic N) is 1. The number of carbonyl (C=O) groups is 1. The number of hydrogen-bond donors (Lipinski definition) is 2. The van der Waals surface area contributed by atoms with E-state index in [2.05, 4.69) is 0 Å². The van der Waals surface area contributed by atoms with E-state index in [0.29, 0.717) is 25.2 Å². The third-order valence-electron chi connectivity index (χ3n) is 3.42. The summed E-state index contributed by atoms with van der Waals surface area (Å²) in [6.45, 7) is 0.883. The lowest BCUT2D eigenvalue weighted by atomic mass is 10.1. The summed E-state index contributed by atoms with van der Waals surface area (Å²) >= 11 is 5.94. The first-order valence-corrected chi connectivity index (χ1v) is 8.67. The van der Waals surface area contributed by atoms with Gasteiger partial charge in [-0.1, -0.05) is 11.6 Å². The van der Waals surface area contributed by atoms with Crippen molar-refractivity contribution in [2.45, 2.75) is 23.8 Å². The molecule has 1 aliphatic rings. The third kappa shape index (κ3) is 3.48. The van der Waals surface area contributed by atoms with Crippen LogP contribution in [0.1, 0.15) is 23.2 Å². The van der Waals surface area contributed by atoms with Crippen molar-refractivity contribution in [2.75, 3.05) is 24.2 Å². The van der Waals surface area contributed by atoms with Gasteiger partial charge in [-0.25, -0.2) is 13.2 Å². The first-order valence-electron chi connectivity index (χ1n) is 6.40. The van der Waals surface area contributed by atoms with Gasteiger partial charge in [0.1, 0.15) is 0 Å². The van der Waals surface area contributed by atoms with Gasteiger partial charge in [0.15, 0.2) is 9.84 Å². The van der Waals surface area contributed by atoms with Crippen LogP contribution in [0.3, 0.4) is 0 Å². The molecule has 1 atom stereocenters. The second-order valence-corrected chi connectivity index (χ2v) is 7.51. The average molecular weight is 334 g/mol. The molecule has 2 N–H and O–H groups in total. The standard InChI is InChI=1S/C13H16ClNO5S/c1-21(19,20)12-5-9(13(17)18)10(14)6-11(12)15-4-2-3-8(16)7-15/h5-6,8,16H,2-4,7H2,1H3,(H,17,18). The second-order valence-electron chi connectivity index (χ2n) is 5.12. The number of β-amino-alcohol motifs (C(OH)–C–C–N with tert-alkyl or cyclic N) is 1. The van der Waals surface area contributed by atoms with Crippen molar-refractivity contribution >= 4 is 33.1 Å². The molecule has 116 valence electrons. The molecule has 1 aromatic rings. The summed E-state index contributed by atoms with van der Waals surface area (Å²) in [6, 6.07) is 2.43. The molecule has 6 nitrogen and oxygen atoms in total. The molecule has 0 aliphatic carbocycles. The van der Waals surface area contributed by atoms with Crippen molar-refractivity contribution in [1.29, 1.82) is 0 Å². The van der Waals surface area contributed by atoms with Gasteiger partial charge in [-0.2, -0.15) is 0 Å². The van der Waals surface area contributed by atoms with Gasteiger partial charge in [-0.05, 0) is 25.0 Å². The van der Waals surface area contributed by atoms with E-state index in [1.165, 1.54) is 6.07 Å². The minimum absolute atomic E-state index is 0.0232. The number of aliphatic hydroxyl groups is 1. The lowest BCUT2D eigenvalue weighted by Crippen LogP contribution is -2.39. The van der Waals surface area contributed by atoms with Gasteiger partial charge in [-0.3, -0.25) is 0 Å². The van der Waals surface area contributed by atoms with Crippen LogP contribution in [0.25, 0.3) is 0 Å². The van der Waals surface area contributed by atoms with Crippen molar-refractivity contribution in [3.8, 4) is 0 Å². The summed E-state index contributed by atoms with van der Waals surface area (Å²) in [5.74, 6) is -1.28. The maximum Gasteiger partial charge on any atom is 0.337 e. The summed E-state index contributed by atoms with van der Waals surface area (Å²) in [5, 5.41) is 18.8. The molecule has 0 amide bonds. The van der Waals surface area contributed by atoms with E-state index in [4.69, 9.17) is 16.7 Å². The fraction of sp³-hybridized carbons (Fsp3) is 0.462. The van der Waals surface area contributed by atoms with Crippen molar-refractivity contribution in [2.24, 2.45) is 0 Å². The molecular weight excluding hydrogens is 318 g/mol. The first-order chi connectivity index (χ1) is 9.70. The Hall–Kier alpha value is -1.31. The fourth-order valence-corrected chi connectivity index (χ4v) is 3.56. The number of piperidine rings is 1. The van der Waals surface area contributed by atoms with E-state index in [-0.39, 0.29) is 15.5 Å². The number of benzene rings is 1. The summed E-state index contributed by atoms with van der Waals surface area (Å²) in [7, 11) is -3.62. The Morgan fingerprint density at radius 1 is 1.43 bits per heavy atom. The number of rotatable bonds is 3. The monoisotopic (exact) mass is 333 g/mol. The van der Waals surface area contributed by atoms with Crippen LogP contribution in [0, 0.1) is 0 Å². The van der Waals surface area contributed by atoms with E-state index < -0.39 is 21.9 Å². The number of sulfone groups is 1. The van der Waals surface area contributed by atoms with Crippen molar-refractivity contribution in [1.82, 2.24) is 0 Å². The van der Waals surface area contributed by atoms with Gasteiger partial charge >= 0.3 is 5.97 Å². The molecule has 0 spiro atoms. The predicted molar refractivity (Wildman–Crippen MR) is 79.0 cm³/mol. The maximum absolute atomic E-state index is 11.9. The predicted octanol–water partition coefficient (Wildman–Crippen LogP) is 1.40. The van der Waals surface area contributed by atoms with E-state index in [1.54, 1.807) is 4.90 Å². The molecular formula is C13H16ClNO5S. The second kappa shape index (κ2) is 5.82. The first kappa shape index (κ1) is 16.1. The quantitative estimate of drug-likeness (QED) is 0.868. The molecule has 0 saturated carbocycles. The van der Waals surface area contributed by atoms with E-state index >= 15 is 0 Å². The fourth-order valence-electron chi connectivity index (χ4n) is 2.42. The highest BCUT2D eigenvalue weighted by molar-refractivity contribution is 7.90. The van der Waals surface area contributed by atoms with Crippen LogP contribution in [0.2, 0.25) is 5.02 Å². The highest BCUT2D eigenvalue weighted by atomic mass is 35.5. The van der Waals surface area contributed by atoms with Crippen LogP contribution in [-0.4, -0.2) is 50.0 Å². The van der Waals surface area contributed by atoms with Crippen LogP contribution in [0.15, 0.2) is 17.0 Å². The van der Waals surface area contributed by atoms with Crippen molar-refractivity contribution < 1.29 is 23.4 Å². The summed E-state index contributed by atoms with van der Waals surface area (Å²) in [4.78, 5) is 12.7. The van der Waals surface area contributed by atoms with Gasteiger partial charge in [0, 0.05) is 19.3 Å². The molecule has 8 heteroatoms. The molecule has 1 aliphatic heterocycles. The van der Waals surface area contributed by atoms with Crippen molar-refractivity contribution in [3.63, 3.8) is 0 Å². The Morgan fingerprint density at radius 2 is 2.10 bits per heavy atom. The highest BCUT2D eigenvalue weighted by Crippen LogP contribution is 2.33. The Balaban J connectivity index is 2.59. The van der Waals surface area contributed by atoms with Crippen LogP contribution < -0.4 is 4.90 Å². The van der Waals surface area contributed by atoms with E-state index in [9.17, 15) is 18.3 Å². The molecule has 0 aromatic heterocycles. The molecule has 1 saturated heterocycles. The van der Waals surface area contributed by atoms with Gasteiger partial charge in [-0.15, -0.1) is 0 Å². The Kier molecular flexibility index (Phi) is 4.46. The molecule has 0 bridgehead atoms. The van der Waals surface area contributed by atoms with Crippen LogP contribution >= 0.6 is 11.6 Å². The lowest BCUT2D eigenvalue weighted by Gasteiger charge is -2.33. The Morgan fingerprint density at radius 3 is 2.62 bits per heavy atom. The van der Waals surface area contributed by atoms with E-state index in [1.807, 2.05) is 0 Å². The lowest BCUT2D eigenvalue weighted by molar-refractivity contribution is 0.0696. The van der Waals surface area contributed by atoms with E-state index in [0.717, 1.165) is 18.7 Å². The number of anilines is 1. The Bertz CT molecular complexity index is 673. The molecule has 21 heavy (non-hydrogen) atoms. The molecule has 1 aromatic carbocycles. The summed E-state index contributed by atoms with van der Waals surface area (Å²) in [5.41, 5.74) is 0.0876. The SMILES string of the molecule is CS(=O)(=O)c1cc(C(=O)O)c(Cl)cc1N1CCCC(O)C1. The van der Waals surface area contributed by atoms with Crippen LogP contribution in [0.5, 0.6) is 0 Å². The smallest absolute Gasteiger partial charge is 0.337 e. The number of aliphatic hydroxyl groups excluding tert-OH is 1. The molecule has 0 radical (unpaired) electrons. The topological polar surface area (TPSA) is 94.9 Å². The maximum atomic E-state index is 11.9. The van der Waals surface area contributed by atoms with Gasteiger partial charge < -0.3 is 15.1 Å². The Labute approximate surface area is 127 Å². The number of aromatic carboxylic acids is 1. The highest BCUT2D eigenvalue weighted by Gasteiger charge is 2.26.